The number of hydrogen-bond acceptors (Lipinski definition) is 2. The minimum atomic E-state index is 0.0483. The van der Waals surface area contributed by atoms with E-state index in [9.17, 15) is 4.79 Å². The predicted octanol–water partition coefficient (Wildman–Crippen LogP) is 2.20. The first-order valence-corrected chi connectivity index (χ1v) is 4.80. The van der Waals surface area contributed by atoms with Gasteiger partial charge in [-0.05, 0) is 13.0 Å². The molecule has 0 bridgehead atoms. The van der Waals surface area contributed by atoms with E-state index in [0.29, 0.717) is 6.54 Å². The molecule has 0 radical (unpaired) electrons. The molecule has 1 aromatic rings. The predicted molar refractivity (Wildman–Crippen MR) is 54.8 cm³/mol. The Morgan fingerprint density at radius 1 is 1.57 bits per heavy atom. The molecule has 0 atom stereocenters. The third-order valence-corrected chi connectivity index (χ3v) is 2.24. The third-order valence-electron chi connectivity index (χ3n) is 2.24. The van der Waals surface area contributed by atoms with Crippen LogP contribution in [0.3, 0.4) is 0 Å². The zero-order chi connectivity index (χ0) is 10.7. The molecule has 3 heteroatoms. The Hall–Kier alpha value is -1.25. The number of nitrogens with zero attached hydrogens (tertiary/aromatic N) is 1. The average Bonchev–Trinajstić information content (AvgIpc) is 2.50. The summed E-state index contributed by atoms with van der Waals surface area (Å²) < 4.78 is 5.17. The molecule has 0 aliphatic heterocycles. The molecular formula is C11H17NO2. The Morgan fingerprint density at radius 3 is 2.64 bits per heavy atom. The summed E-state index contributed by atoms with van der Waals surface area (Å²) in [6.07, 6.45) is 1.65. The monoisotopic (exact) mass is 195 g/mol. The zero-order valence-electron chi connectivity index (χ0n) is 9.20. The van der Waals surface area contributed by atoms with Crippen molar-refractivity contribution in [3.8, 4) is 0 Å². The van der Waals surface area contributed by atoms with Gasteiger partial charge < -0.3 is 9.32 Å². The highest BCUT2D eigenvalue weighted by atomic mass is 16.3. The first-order valence-electron chi connectivity index (χ1n) is 4.80. The first kappa shape index (κ1) is 10.8. The van der Waals surface area contributed by atoms with Crippen LogP contribution in [-0.4, -0.2) is 17.9 Å². The number of carbonyl (C=O) groups is 1. The lowest BCUT2D eigenvalue weighted by atomic mass is 10.2. The maximum absolute atomic E-state index is 11.6. The van der Waals surface area contributed by atoms with Crippen LogP contribution in [0, 0.1) is 12.8 Å². The number of aryl methyl sites for hydroxylation is 1. The van der Waals surface area contributed by atoms with Crippen molar-refractivity contribution in [3.63, 3.8) is 0 Å². The molecule has 0 aliphatic rings. The summed E-state index contributed by atoms with van der Waals surface area (Å²) in [7, 11) is 1.81. The van der Waals surface area contributed by atoms with Gasteiger partial charge >= 0.3 is 0 Å². The summed E-state index contributed by atoms with van der Waals surface area (Å²) >= 11 is 0. The van der Waals surface area contributed by atoms with Gasteiger partial charge in [-0.1, -0.05) is 13.8 Å². The van der Waals surface area contributed by atoms with Crippen molar-refractivity contribution >= 4 is 5.91 Å². The minimum Gasteiger partial charge on any atom is -0.469 e. The van der Waals surface area contributed by atoms with E-state index in [0.717, 1.165) is 11.3 Å². The normalized spacial score (nSPS) is 10.6. The number of carbonyl (C=O) groups excluding carboxylic acids is 1. The van der Waals surface area contributed by atoms with E-state index in [1.165, 1.54) is 0 Å². The number of rotatable bonds is 3. The van der Waals surface area contributed by atoms with E-state index >= 15 is 0 Å². The SMILES string of the molecule is Cc1occc1CN(C)C(=O)C(C)C. The molecule has 0 spiro atoms. The van der Waals surface area contributed by atoms with Crippen LogP contribution < -0.4 is 0 Å². The second kappa shape index (κ2) is 4.31. The summed E-state index contributed by atoms with van der Waals surface area (Å²) in [5.41, 5.74) is 1.07. The van der Waals surface area contributed by atoms with Crippen molar-refractivity contribution < 1.29 is 9.21 Å². The quantitative estimate of drug-likeness (QED) is 0.740. The zero-order valence-corrected chi connectivity index (χ0v) is 9.20. The molecule has 1 amide bonds. The molecule has 14 heavy (non-hydrogen) atoms. The van der Waals surface area contributed by atoms with Crippen molar-refractivity contribution in [2.24, 2.45) is 5.92 Å². The summed E-state index contributed by atoms with van der Waals surface area (Å²) in [4.78, 5) is 13.3. The first-order chi connectivity index (χ1) is 6.52. The van der Waals surface area contributed by atoms with E-state index in [2.05, 4.69) is 0 Å². The molecule has 1 aromatic heterocycles. The summed E-state index contributed by atoms with van der Waals surface area (Å²) in [6.45, 7) is 6.34. The fraction of sp³-hybridized carbons (Fsp3) is 0.545. The van der Waals surface area contributed by atoms with Crippen LogP contribution in [0.1, 0.15) is 25.2 Å². The maximum atomic E-state index is 11.6. The van der Waals surface area contributed by atoms with Gasteiger partial charge in [0.1, 0.15) is 5.76 Å². The number of amides is 1. The molecule has 0 aromatic carbocycles. The summed E-state index contributed by atoms with van der Waals surface area (Å²) in [5.74, 6) is 1.09. The van der Waals surface area contributed by atoms with Crippen LogP contribution in [0.4, 0.5) is 0 Å². The minimum absolute atomic E-state index is 0.0483. The van der Waals surface area contributed by atoms with Gasteiger partial charge in [-0.2, -0.15) is 0 Å². The Morgan fingerprint density at radius 2 is 2.21 bits per heavy atom. The van der Waals surface area contributed by atoms with Crippen molar-refractivity contribution in [1.82, 2.24) is 4.90 Å². The highest BCUT2D eigenvalue weighted by molar-refractivity contribution is 5.77. The molecule has 1 heterocycles. The lowest BCUT2D eigenvalue weighted by Crippen LogP contribution is -2.29. The summed E-state index contributed by atoms with van der Waals surface area (Å²) in [5, 5.41) is 0. The van der Waals surface area contributed by atoms with E-state index in [4.69, 9.17) is 4.42 Å². The maximum Gasteiger partial charge on any atom is 0.225 e. The van der Waals surface area contributed by atoms with Gasteiger partial charge in [-0.3, -0.25) is 4.79 Å². The Labute approximate surface area is 84.7 Å². The fourth-order valence-electron chi connectivity index (χ4n) is 1.35. The van der Waals surface area contributed by atoms with E-state index in [-0.39, 0.29) is 11.8 Å². The van der Waals surface area contributed by atoms with Crippen LogP contribution in [0.25, 0.3) is 0 Å². The molecule has 3 nitrogen and oxygen atoms in total. The van der Waals surface area contributed by atoms with Gasteiger partial charge in [-0.15, -0.1) is 0 Å². The van der Waals surface area contributed by atoms with Gasteiger partial charge in [0.05, 0.1) is 6.26 Å². The molecule has 0 saturated carbocycles. The van der Waals surface area contributed by atoms with Crippen molar-refractivity contribution in [2.75, 3.05) is 7.05 Å². The average molecular weight is 195 g/mol. The van der Waals surface area contributed by atoms with Crippen LogP contribution >= 0.6 is 0 Å². The summed E-state index contributed by atoms with van der Waals surface area (Å²) in [6, 6.07) is 1.90. The fourth-order valence-corrected chi connectivity index (χ4v) is 1.35. The number of furan rings is 1. The standard InChI is InChI=1S/C11H17NO2/c1-8(2)11(13)12(4)7-10-5-6-14-9(10)3/h5-6,8H,7H2,1-4H3. The highest BCUT2D eigenvalue weighted by Gasteiger charge is 2.14. The smallest absolute Gasteiger partial charge is 0.225 e. The molecule has 1 rings (SSSR count). The van der Waals surface area contributed by atoms with Crippen molar-refractivity contribution in [2.45, 2.75) is 27.3 Å². The lowest BCUT2D eigenvalue weighted by Gasteiger charge is -2.18. The number of hydrogen-bond donors (Lipinski definition) is 0. The second-order valence-electron chi connectivity index (χ2n) is 3.85. The molecule has 0 aliphatic carbocycles. The van der Waals surface area contributed by atoms with E-state index < -0.39 is 0 Å². The highest BCUT2D eigenvalue weighted by Crippen LogP contribution is 2.12. The third kappa shape index (κ3) is 2.37. The molecular weight excluding hydrogens is 178 g/mol. The van der Waals surface area contributed by atoms with Crippen molar-refractivity contribution in [1.29, 1.82) is 0 Å². The van der Waals surface area contributed by atoms with Crippen LogP contribution in [0.2, 0.25) is 0 Å². The Balaban J connectivity index is 2.62. The van der Waals surface area contributed by atoms with Gasteiger partial charge in [-0.25, -0.2) is 0 Å². The Kier molecular flexibility index (Phi) is 3.33. The second-order valence-corrected chi connectivity index (χ2v) is 3.85. The van der Waals surface area contributed by atoms with Gasteiger partial charge in [0.2, 0.25) is 5.91 Å². The van der Waals surface area contributed by atoms with Crippen molar-refractivity contribution in [3.05, 3.63) is 23.7 Å². The van der Waals surface area contributed by atoms with Crippen LogP contribution in [0.5, 0.6) is 0 Å². The van der Waals surface area contributed by atoms with E-state index in [1.807, 2.05) is 33.9 Å². The topological polar surface area (TPSA) is 33.5 Å². The van der Waals surface area contributed by atoms with Gasteiger partial charge in [0.25, 0.3) is 0 Å². The molecule has 0 fully saturated rings. The largest absolute Gasteiger partial charge is 0.469 e. The van der Waals surface area contributed by atoms with Crippen LogP contribution in [-0.2, 0) is 11.3 Å². The van der Waals surface area contributed by atoms with Gasteiger partial charge in [0, 0.05) is 25.1 Å². The Bertz CT molecular complexity index is 315. The molecule has 78 valence electrons. The lowest BCUT2D eigenvalue weighted by molar-refractivity contribution is -0.133. The molecule has 0 saturated heterocycles. The van der Waals surface area contributed by atoms with Crippen LogP contribution in [0.15, 0.2) is 16.7 Å². The van der Waals surface area contributed by atoms with Gasteiger partial charge in [0.15, 0.2) is 0 Å². The molecule has 0 unspecified atom stereocenters. The molecule has 0 N–H and O–H groups in total. The van der Waals surface area contributed by atoms with E-state index in [1.54, 1.807) is 11.2 Å².